The van der Waals surface area contributed by atoms with Gasteiger partial charge in [-0.25, -0.2) is 0 Å². The van der Waals surface area contributed by atoms with Gasteiger partial charge in [0.15, 0.2) is 0 Å². The summed E-state index contributed by atoms with van der Waals surface area (Å²) in [5.74, 6) is 0. The Morgan fingerprint density at radius 1 is 1.27 bits per heavy atom. The zero-order chi connectivity index (χ0) is 11.8. The number of allylic oxidation sites excluding steroid dienone is 6. The van der Waals surface area contributed by atoms with E-state index in [0.717, 1.165) is 22.4 Å². The minimum absolute atomic E-state index is 0.778. The number of hydrogen-bond donors (Lipinski definition) is 1. The van der Waals surface area contributed by atoms with E-state index in [-0.39, 0.29) is 0 Å². The van der Waals surface area contributed by atoms with Crippen molar-refractivity contribution in [1.82, 2.24) is 0 Å². The summed E-state index contributed by atoms with van der Waals surface area (Å²) in [5, 5.41) is 0. The molecule has 0 bridgehead atoms. The third-order valence-electron chi connectivity index (χ3n) is 2.11. The summed E-state index contributed by atoms with van der Waals surface area (Å²) in [5.41, 5.74) is 9.51. The summed E-state index contributed by atoms with van der Waals surface area (Å²) in [7, 11) is 1.74. The number of aliphatic imine (C=N–C) groups is 1. The van der Waals surface area contributed by atoms with Crippen LogP contribution in [0.3, 0.4) is 0 Å². The van der Waals surface area contributed by atoms with Crippen LogP contribution in [0.25, 0.3) is 0 Å². The predicted octanol–water partition coefficient (Wildman–Crippen LogP) is 3.00. The van der Waals surface area contributed by atoms with Crippen LogP contribution in [-0.4, -0.2) is 13.3 Å². The van der Waals surface area contributed by atoms with Gasteiger partial charge in [0.1, 0.15) is 0 Å². The first-order valence-corrected chi connectivity index (χ1v) is 4.95. The molecule has 0 aromatic carbocycles. The van der Waals surface area contributed by atoms with Gasteiger partial charge in [-0.2, -0.15) is 0 Å². The largest absolute Gasteiger partial charge is 0.399 e. The van der Waals surface area contributed by atoms with E-state index in [9.17, 15) is 0 Å². The van der Waals surface area contributed by atoms with Crippen LogP contribution in [0.15, 0.2) is 52.2 Å². The highest BCUT2D eigenvalue weighted by Gasteiger charge is 1.98. The highest BCUT2D eigenvalue weighted by atomic mass is 14.6. The minimum atomic E-state index is 0.778. The molecule has 2 N–H and O–H groups in total. The van der Waals surface area contributed by atoms with E-state index in [2.05, 4.69) is 11.6 Å². The lowest BCUT2D eigenvalue weighted by Crippen LogP contribution is -1.98. The topological polar surface area (TPSA) is 38.4 Å². The van der Waals surface area contributed by atoms with Gasteiger partial charge in [0.05, 0.1) is 0 Å². The highest BCUT2D eigenvalue weighted by molar-refractivity contribution is 5.85. The molecule has 0 saturated carbocycles. The van der Waals surface area contributed by atoms with E-state index < -0.39 is 0 Å². The fraction of sp³-hybridized carbons (Fsp3) is 0.308. The summed E-state index contributed by atoms with van der Waals surface area (Å²) < 4.78 is 0. The van der Waals surface area contributed by atoms with E-state index in [0.29, 0.717) is 0 Å². The first kappa shape index (κ1) is 13.4. The number of nitrogens with zero attached hydrogens (tertiary/aromatic N) is 1. The summed E-state index contributed by atoms with van der Waals surface area (Å²) in [4.78, 5) is 3.97. The van der Waals surface area contributed by atoms with Crippen LogP contribution in [0.1, 0.15) is 20.8 Å². The summed E-state index contributed by atoms with van der Waals surface area (Å²) >= 11 is 0. The van der Waals surface area contributed by atoms with Crippen LogP contribution in [-0.2, 0) is 0 Å². The Morgan fingerprint density at radius 3 is 2.27 bits per heavy atom. The molecule has 0 atom stereocenters. The van der Waals surface area contributed by atoms with Crippen molar-refractivity contribution >= 4 is 6.21 Å². The minimum Gasteiger partial charge on any atom is -0.399 e. The average Bonchev–Trinajstić information content (AvgIpc) is 2.24. The molecule has 82 valence electrons. The fourth-order valence-corrected chi connectivity index (χ4v) is 1.14. The van der Waals surface area contributed by atoms with Gasteiger partial charge in [-0.15, -0.1) is 0 Å². The molecule has 2 heteroatoms. The van der Waals surface area contributed by atoms with Gasteiger partial charge < -0.3 is 5.73 Å². The lowest BCUT2D eigenvalue weighted by Gasteiger charge is -2.04. The quantitative estimate of drug-likeness (QED) is 0.555. The van der Waals surface area contributed by atoms with Crippen molar-refractivity contribution < 1.29 is 0 Å². The monoisotopic (exact) mass is 204 g/mol. The van der Waals surface area contributed by atoms with Gasteiger partial charge in [-0.05, 0) is 43.6 Å². The molecule has 0 heterocycles. The second-order valence-electron chi connectivity index (χ2n) is 3.23. The normalized spacial score (nSPS) is 14.8. The van der Waals surface area contributed by atoms with Crippen LogP contribution < -0.4 is 5.73 Å². The molecule has 0 aromatic rings. The van der Waals surface area contributed by atoms with Crippen molar-refractivity contribution in [1.29, 1.82) is 0 Å². The van der Waals surface area contributed by atoms with Gasteiger partial charge in [0.2, 0.25) is 0 Å². The Balaban J connectivity index is 4.90. The van der Waals surface area contributed by atoms with Crippen molar-refractivity contribution in [2.75, 3.05) is 7.05 Å². The van der Waals surface area contributed by atoms with Gasteiger partial charge in [-0.1, -0.05) is 18.7 Å². The zero-order valence-electron chi connectivity index (χ0n) is 10.0. The Kier molecular flexibility index (Phi) is 6.11. The molecule has 0 spiro atoms. The molecular weight excluding hydrogens is 184 g/mol. The molecular formula is C13H20N2. The van der Waals surface area contributed by atoms with Gasteiger partial charge in [-0.3, -0.25) is 4.99 Å². The smallest absolute Gasteiger partial charge is 0.0300 e. The molecule has 0 aliphatic carbocycles. The second-order valence-corrected chi connectivity index (χ2v) is 3.23. The first-order chi connectivity index (χ1) is 7.06. The fourth-order valence-electron chi connectivity index (χ4n) is 1.14. The van der Waals surface area contributed by atoms with Gasteiger partial charge in [0.25, 0.3) is 0 Å². The molecule has 0 aliphatic rings. The van der Waals surface area contributed by atoms with E-state index in [1.165, 1.54) is 0 Å². The third kappa shape index (κ3) is 4.45. The summed E-state index contributed by atoms with van der Waals surface area (Å²) in [6.07, 6.45) is 7.61. The van der Waals surface area contributed by atoms with Crippen LogP contribution >= 0.6 is 0 Å². The van der Waals surface area contributed by atoms with E-state index in [1.807, 2.05) is 39.0 Å². The Labute approximate surface area is 92.6 Å². The zero-order valence-corrected chi connectivity index (χ0v) is 10.0. The molecule has 0 unspecified atom stereocenters. The molecule has 2 nitrogen and oxygen atoms in total. The van der Waals surface area contributed by atoms with Crippen molar-refractivity contribution in [2.24, 2.45) is 10.7 Å². The van der Waals surface area contributed by atoms with E-state index in [1.54, 1.807) is 13.3 Å². The van der Waals surface area contributed by atoms with Crippen molar-refractivity contribution in [3.05, 3.63) is 47.2 Å². The van der Waals surface area contributed by atoms with Crippen LogP contribution in [0, 0.1) is 0 Å². The standard InChI is InChI=1S/C13H20N2/c1-6-12(9-15-5)10(3)8-11(4)13(14)7-2/h6-9H,3,14H2,1-2,4-5H3/b11-8-,12-6+,13-7+,15-9-. The van der Waals surface area contributed by atoms with E-state index in [4.69, 9.17) is 5.73 Å². The van der Waals surface area contributed by atoms with E-state index >= 15 is 0 Å². The molecule has 15 heavy (non-hydrogen) atoms. The molecule has 0 aliphatic heterocycles. The molecule has 0 radical (unpaired) electrons. The SMILES string of the molecule is C=C(/C=C(C)\C(N)=C/C)C(/C=N\C)=C/C. The maximum atomic E-state index is 5.78. The summed E-state index contributed by atoms with van der Waals surface area (Å²) in [6, 6.07) is 0. The molecule has 0 fully saturated rings. The number of hydrogen-bond acceptors (Lipinski definition) is 2. The van der Waals surface area contributed by atoms with Crippen LogP contribution in [0.4, 0.5) is 0 Å². The van der Waals surface area contributed by atoms with Crippen LogP contribution in [0.5, 0.6) is 0 Å². The van der Waals surface area contributed by atoms with Crippen molar-refractivity contribution in [3.8, 4) is 0 Å². The van der Waals surface area contributed by atoms with Crippen molar-refractivity contribution in [3.63, 3.8) is 0 Å². The molecule has 0 saturated heterocycles. The Bertz CT molecular complexity index is 342. The lowest BCUT2D eigenvalue weighted by atomic mass is 10.0. The summed E-state index contributed by atoms with van der Waals surface area (Å²) in [6.45, 7) is 9.83. The number of rotatable bonds is 4. The maximum absolute atomic E-state index is 5.78. The maximum Gasteiger partial charge on any atom is 0.0300 e. The van der Waals surface area contributed by atoms with Crippen LogP contribution in [0.2, 0.25) is 0 Å². The third-order valence-corrected chi connectivity index (χ3v) is 2.11. The molecule has 0 aromatic heterocycles. The Morgan fingerprint density at radius 2 is 1.87 bits per heavy atom. The second kappa shape index (κ2) is 6.82. The van der Waals surface area contributed by atoms with Crippen molar-refractivity contribution in [2.45, 2.75) is 20.8 Å². The molecule has 0 rings (SSSR count). The Hall–Kier alpha value is -1.57. The highest BCUT2D eigenvalue weighted by Crippen LogP contribution is 2.12. The average molecular weight is 204 g/mol. The first-order valence-electron chi connectivity index (χ1n) is 4.95. The predicted molar refractivity (Wildman–Crippen MR) is 69.0 cm³/mol. The number of nitrogens with two attached hydrogens (primary N) is 1. The van der Waals surface area contributed by atoms with Gasteiger partial charge >= 0.3 is 0 Å². The molecule has 0 amide bonds. The van der Waals surface area contributed by atoms with Gasteiger partial charge in [0, 0.05) is 19.0 Å². The lowest BCUT2D eigenvalue weighted by molar-refractivity contribution is 1.27.